The summed E-state index contributed by atoms with van der Waals surface area (Å²) in [7, 11) is 0. The van der Waals surface area contributed by atoms with Crippen LogP contribution < -0.4 is 11.1 Å². The van der Waals surface area contributed by atoms with Gasteiger partial charge in [0.1, 0.15) is 22.5 Å². The van der Waals surface area contributed by atoms with Crippen molar-refractivity contribution in [2.75, 3.05) is 5.73 Å². The maximum Gasteiger partial charge on any atom is 0.251 e. The van der Waals surface area contributed by atoms with Crippen molar-refractivity contribution in [2.45, 2.75) is 20.4 Å². The fourth-order valence-electron chi connectivity index (χ4n) is 5.32. The van der Waals surface area contributed by atoms with E-state index in [9.17, 15) is 4.79 Å². The van der Waals surface area contributed by atoms with Crippen LogP contribution in [0.5, 0.6) is 0 Å². The van der Waals surface area contributed by atoms with Crippen LogP contribution in [0.1, 0.15) is 27.2 Å². The van der Waals surface area contributed by atoms with E-state index in [-0.39, 0.29) is 5.91 Å². The number of furan rings is 2. The van der Waals surface area contributed by atoms with Gasteiger partial charge in [0.05, 0.1) is 0 Å². The van der Waals surface area contributed by atoms with E-state index in [1.54, 1.807) is 0 Å². The van der Waals surface area contributed by atoms with Crippen LogP contribution in [0.3, 0.4) is 0 Å². The predicted molar refractivity (Wildman–Crippen MR) is 145 cm³/mol. The third kappa shape index (κ3) is 3.24. The molecule has 1 amide bonds. The molecule has 4 aromatic heterocycles. The Kier molecular flexibility index (Phi) is 4.50. The van der Waals surface area contributed by atoms with Crippen LogP contribution >= 0.6 is 0 Å². The lowest BCUT2D eigenvalue weighted by atomic mass is 9.97. The van der Waals surface area contributed by atoms with Gasteiger partial charge in [-0.1, -0.05) is 18.2 Å². The Morgan fingerprint density at radius 2 is 1.70 bits per heavy atom. The normalized spacial score (nSPS) is 11.8. The summed E-state index contributed by atoms with van der Waals surface area (Å²) in [6.45, 7) is 4.25. The Bertz CT molecular complexity index is 1980. The van der Waals surface area contributed by atoms with Gasteiger partial charge >= 0.3 is 0 Å². The van der Waals surface area contributed by atoms with E-state index in [0.717, 1.165) is 71.8 Å². The maximum atomic E-state index is 13.1. The summed E-state index contributed by atoms with van der Waals surface area (Å²) in [5.74, 6) is 0.326. The lowest BCUT2D eigenvalue weighted by molar-refractivity contribution is 0.0951. The van der Waals surface area contributed by atoms with Crippen LogP contribution in [0, 0.1) is 13.8 Å². The van der Waals surface area contributed by atoms with Gasteiger partial charge in [0.2, 0.25) is 0 Å². The number of nitrogens with zero attached hydrogens (tertiary/aromatic N) is 2. The predicted octanol–water partition coefficient (Wildman–Crippen LogP) is 6.51. The number of hydrogen-bond donors (Lipinski definition) is 2. The third-order valence-corrected chi connectivity index (χ3v) is 7.15. The number of rotatable bonds is 4. The first-order valence-corrected chi connectivity index (χ1v) is 12.0. The molecule has 0 unspecified atom stereocenters. The number of fused-ring (bicyclic) bond motifs is 9. The van der Waals surface area contributed by atoms with Gasteiger partial charge in [-0.3, -0.25) is 4.79 Å². The lowest BCUT2D eigenvalue weighted by Gasteiger charge is -2.11. The maximum absolute atomic E-state index is 13.1. The van der Waals surface area contributed by atoms with Crippen LogP contribution in [-0.4, -0.2) is 15.9 Å². The summed E-state index contributed by atoms with van der Waals surface area (Å²) in [4.78, 5) is 21.7. The molecule has 0 radical (unpaired) electrons. The molecule has 0 spiro atoms. The summed E-state index contributed by atoms with van der Waals surface area (Å²) >= 11 is 0. The number of carbonyl (C=O) groups is 1. The molecule has 2 bridgehead atoms. The Labute approximate surface area is 211 Å². The van der Waals surface area contributed by atoms with Gasteiger partial charge in [-0.25, -0.2) is 9.97 Å². The summed E-state index contributed by atoms with van der Waals surface area (Å²) in [5, 5.41) is 7.00. The molecule has 0 aliphatic carbocycles. The smallest absolute Gasteiger partial charge is 0.251 e. The largest absolute Gasteiger partial charge is 0.455 e. The minimum Gasteiger partial charge on any atom is -0.455 e. The molecule has 0 atom stereocenters. The van der Waals surface area contributed by atoms with Crippen molar-refractivity contribution in [3.05, 3.63) is 89.4 Å². The van der Waals surface area contributed by atoms with Crippen molar-refractivity contribution >= 4 is 55.5 Å². The van der Waals surface area contributed by atoms with Gasteiger partial charge in [-0.05, 0) is 73.0 Å². The average molecular weight is 487 g/mol. The molecule has 4 heterocycles. The number of aryl methyl sites for hydroxylation is 2. The first-order chi connectivity index (χ1) is 18.0. The second-order valence-electron chi connectivity index (χ2n) is 9.40. The number of para-hydroxylation sites is 1. The van der Waals surface area contributed by atoms with Crippen LogP contribution in [0.15, 0.2) is 75.9 Å². The van der Waals surface area contributed by atoms with Gasteiger partial charge in [0.15, 0.2) is 12.0 Å². The van der Waals surface area contributed by atoms with E-state index < -0.39 is 0 Å². The first kappa shape index (κ1) is 21.4. The Hall–Kier alpha value is -4.91. The molecular formula is C30H22N4O3. The quantitative estimate of drug-likeness (QED) is 0.275. The van der Waals surface area contributed by atoms with Crippen molar-refractivity contribution in [2.24, 2.45) is 0 Å². The number of pyridine rings is 1. The number of carbonyl (C=O) groups excluding carboxylic acids is 1. The zero-order chi connectivity index (χ0) is 25.3. The molecule has 7 nitrogen and oxygen atoms in total. The van der Waals surface area contributed by atoms with E-state index >= 15 is 0 Å². The van der Waals surface area contributed by atoms with Crippen molar-refractivity contribution in [1.29, 1.82) is 0 Å². The number of oxazole rings is 1. The van der Waals surface area contributed by atoms with Gasteiger partial charge in [-0.2, -0.15) is 0 Å². The standard InChI is InChI=1S/C30H22N4O3/c1-15-10-26(31)34-16(2)24(15)13-32-30(35)18-7-9-21-23(12-18)28-22-11-17(6-8-20(22)27(21)37-28)19-4-3-5-25-29(19)36-14-33-25/h3-12,14H,13H2,1-2H3,(H2,31,34)(H,32,35). The molecule has 3 N–H and O–H groups in total. The number of aromatic nitrogens is 2. The monoisotopic (exact) mass is 486 g/mol. The topological polar surface area (TPSA) is 107 Å². The van der Waals surface area contributed by atoms with Crippen molar-refractivity contribution in [1.82, 2.24) is 15.3 Å². The fraction of sp³-hybridized carbons (Fsp3) is 0.100. The highest BCUT2D eigenvalue weighted by Crippen LogP contribution is 2.43. The molecule has 7 heteroatoms. The van der Waals surface area contributed by atoms with Gasteiger partial charge in [-0.15, -0.1) is 0 Å². The van der Waals surface area contributed by atoms with Crippen molar-refractivity contribution in [3.8, 4) is 11.1 Å². The van der Waals surface area contributed by atoms with Crippen molar-refractivity contribution in [3.63, 3.8) is 0 Å². The summed E-state index contributed by atoms with van der Waals surface area (Å²) < 4.78 is 11.9. The molecule has 0 fully saturated rings. The summed E-state index contributed by atoms with van der Waals surface area (Å²) in [5.41, 5.74) is 14.4. The molecular weight excluding hydrogens is 464 g/mol. The van der Waals surface area contributed by atoms with E-state index in [1.807, 2.05) is 56.3 Å². The molecule has 37 heavy (non-hydrogen) atoms. The highest BCUT2D eigenvalue weighted by atomic mass is 16.3. The Balaban J connectivity index is 1.26. The van der Waals surface area contributed by atoms with Gasteiger partial charge in [0.25, 0.3) is 5.91 Å². The number of nitrogens with one attached hydrogen (secondary N) is 1. The summed E-state index contributed by atoms with van der Waals surface area (Å²) in [6, 6.07) is 19.7. The molecule has 180 valence electrons. The number of nitrogens with two attached hydrogens (primary N) is 1. The second kappa shape index (κ2) is 7.80. The van der Waals surface area contributed by atoms with Gasteiger partial charge in [0, 0.05) is 44.9 Å². The van der Waals surface area contributed by atoms with Crippen LogP contribution in [0.25, 0.3) is 54.9 Å². The number of benzene rings is 4. The number of anilines is 1. The molecule has 3 aromatic carbocycles. The van der Waals surface area contributed by atoms with Gasteiger partial charge < -0.3 is 19.9 Å². The van der Waals surface area contributed by atoms with Crippen LogP contribution in [0.4, 0.5) is 5.82 Å². The van der Waals surface area contributed by atoms with E-state index in [2.05, 4.69) is 33.5 Å². The first-order valence-electron chi connectivity index (χ1n) is 12.0. The average Bonchev–Trinajstić information content (AvgIpc) is 3.61. The highest BCUT2D eigenvalue weighted by Gasteiger charge is 2.20. The zero-order valence-corrected chi connectivity index (χ0v) is 20.3. The summed E-state index contributed by atoms with van der Waals surface area (Å²) in [6.07, 6.45) is 1.46. The molecule has 7 rings (SSSR count). The number of hydrogen-bond acceptors (Lipinski definition) is 6. The lowest BCUT2D eigenvalue weighted by Crippen LogP contribution is -2.24. The van der Waals surface area contributed by atoms with Crippen LogP contribution in [-0.2, 0) is 6.54 Å². The van der Waals surface area contributed by atoms with E-state index in [1.165, 1.54) is 6.39 Å². The minimum atomic E-state index is -0.155. The fourth-order valence-corrected chi connectivity index (χ4v) is 5.32. The molecule has 0 saturated carbocycles. The number of amides is 1. The van der Waals surface area contributed by atoms with E-state index in [4.69, 9.17) is 14.6 Å². The molecule has 0 saturated heterocycles. The highest BCUT2D eigenvalue weighted by molar-refractivity contribution is 6.26. The zero-order valence-electron chi connectivity index (χ0n) is 20.3. The van der Waals surface area contributed by atoms with E-state index in [0.29, 0.717) is 17.9 Å². The molecule has 0 aliphatic heterocycles. The Morgan fingerprint density at radius 3 is 2.54 bits per heavy atom. The number of nitrogen functional groups attached to an aromatic ring is 1. The second-order valence-corrected chi connectivity index (χ2v) is 9.40. The SMILES string of the molecule is Cc1cc(N)nc(C)c1CNC(=O)c1ccc2c(c1)c1oc2c2ccc(-c3cccc4ncoc34)cc21. The molecule has 0 aliphatic rings. The Morgan fingerprint density at radius 1 is 0.919 bits per heavy atom. The third-order valence-electron chi connectivity index (χ3n) is 7.15. The van der Waals surface area contributed by atoms with Crippen LogP contribution in [0.2, 0.25) is 0 Å². The van der Waals surface area contributed by atoms with Crippen molar-refractivity contribution < 1.29 is 13.6 Å². The minimum absolute atomic E-state index is 0.155. The molecule has 7 aromatic rings.